The lowest BCUT2D eigenvalue weighted by Crippen LogP contribution is -2.33. The van der Waals surface area contributed by atoms with Gasteiger partial charge in [0.15, 0.2) is 6.10 Å². The van der Waals surface area contributed by atoms with Crippen molar-refractivity contribution in [2.75, 3.05) is 6.61 Å². The molecule has 2 unspecified atom stereocenters. The molecule has 0 rings (SSSR count). The second-order valence-electron chi connectivity index (χ2n) is 7.27. The van der Waals surface area contributed by atoms with Crippen LogP contribution < -0.4 is 0 Å². The first-order valence-electron chi connectivity index (χ1n) is 10.7. The number of ether oxygens (including phenoxy) is 2. The molecule has 9 heteroatoms. The van der Waals surface area contributed by atoms with Crippen molar-refractivity contribution in [2.45, 2.75) is 109 Å². The van der Waals surface area contributed by atoms with Crippen LogP contribution >= 0.6 is 0 Å². The summed E-state index contributed by atoms with van der Waals surface area (Å²) in [7, 11) is -4.58. The van der Waals surface area contributed by atoms with Gasteiger partial charge in [0, 0.05) is 0 Å². The maximum Gasteiger partial charge on any atom is 0.336 e. The Morgan fingerprint density at radius 1 is 0.862 bits per heavy atom. The fourth-order valence-electron chi connectivity index (χ4n) is 2.82. The molecule has 8 nitrogen and oxygen atoms in total. The predicted octanol–water partition coefficient (Wildman–Crippen LogP) is 3.76. The van der Waals surface area contributed by atoms with Gasteiger partial charge in [-0.1, -0.05) is 78.1 Å². The first kappa shape index (κ1) is 27.8. The van der Waals surface area contributed by atoms with Gasteiger partial charge in [0.05, 0.1) is 13.0 Å². The molecule has 0 saturated heterocycles. The van der Waals surface area contributed by atoms with E-state index in [1.165, 1.54) is 58.3 Å². The summed E-state index contributed by atoms with van der Waals surface area (Å²) in [6.07, 6.45) is 10.3. The zero-order chi connectivity index (χ0) is 22.1. The van der Waals surface area contributed by atoms with E-state index in [4.69, 9.17) is 9.29 Å². The number of unbranched alkanes of at least 4 members (excludes halogenated alkanes) is 10. The lowest BCUT2D eigenvalue weighted by molar-refractivity contribution is -0.161. The number of hydrogen-bond donors (Lipinski definition) is 2. The van der Waals surface area contributed by atoms with Crippen molar-refractivity contribution in [2.24, 2.45) is 0 Å². The zero-order valence-electron chi connectivity index (χ0n) is 17.8. The Labute approximate surface area is 175 Å². The van der Waals surface area contributed by atoms with Gasteiger partial charge >= 0.3 is 22.1 Å². The fourth-order valence-corrected chi connectivity index (χ4v) is 3.45. The van der Waals surface area contributed by atoms with Crippen LogP contribution in [0, 0.1) is 0 Å². The Balaban J connectivity index is 3.74. The predicted molar refractivity (Wildman–Crippen MR) is 110 cm³/mol. The maximum atomic E-state index is 11.6. The van der Waals surface area contributed by atoms with Crippen molar-refractivity contribution in [3.05, 3.63) is 0 Å². The zero-order valence-corrected chi connectivity index (χ0v) is 18.6. The van der Waals surface area contributed by atoms with Crippen molar-refractivity contribution < 1.29 is 37.1 Å². The highest BCUT2D eigenvalue weighted by Crippen LogP contribution is 2.12. The molecule has 172 valence electrons. The van der Waals surface area contributed by atoms with Gasteiger partial charge in [-0.05, 0) is 12.8 Å². The number of aliphatic hydroxyl groups excluding tert-OH is 1. The smallest absolute Gasteiger partial charge is 0.336 e. The third-order valence-electron chi connectivity index (χ3n) is 4.56. The molecule has 0 fully saturated rings. The summed E-state index contributed by atoms with van der Waals surface area (Å²) < 4.78 is 40.3. The van der Waals surface area contributed by atoms with Crippen LogP contribution in [0.4, 0.5) is 0 Å². The minimum absolute atomic E-state index is 0.180. The molecule has 2 atom stereocenters. The highest BCUT2D eigenvalue weighted by Gasteiger charge is 2.29. The molecule has 0 aliphatic carbocycles. The van der Waals surface area contributed by atoms with Crippen molar-refractivity contribution in [3.63, 3.8) is 0 Å². The molecule has 0 heterocycles. The average Bonchev–Trinajstić information content (AvgIpc) is 2.65. The molecule has 0 aromatic rings. The van der Waals surface area contributed by atoms with Crippen LogP contribution in [0.1, 0.15) is 97.3 Å². The second kappa shape index (κ2) is 16.6. The van der Waals surface area contributed by atoms with Gasteiger partial charge < -0.3 is 14.6 Å². The Kier molecular flexibility index (Phi) is 15.9. The monoisotopic (exact) mass is 438 g/mol. The SMILES string of the molecule is CCCCCCCCCCCCCOC(=O)CC(O)C(=O)OC(CC)S(=O)(=O)O. The topological polar surface area (TPSA) is 127 Å². The Bertz CT molecular complexity index is 547. The van der Waals surface area contributed by atoms with Gasteiger partial charge in [-0.2, -0.15) is 8.42 Å². The summed E-state index contributed by atoms with van der Waals surface area (Å²) >= 11 is 0. The van der Waals surface area contributed by atoms with E-state index < -0.39 is 40.0 Å². The Morgan fingerprint density at radius 3 is 1.79 bits per heavy atom. The van der Waals surface area contributed by atoms with E-state index >= 15 is 0 Å². The first-order valence-corrected chi connectivity index (χ1v) is 12.2. The molecular weight excluding hydrogens is 400 g/mol. The van der Waals surface area contributed by atoms with Gasteiger partial charge in [0.2, 0.25) is 5.44 Å². The molecule has 2 N–H and O–H groups in total. The summed E-state index contributed by atoms with van der Waals surface area (Å²) in [5.74, 6) is -2.05. The number of carbonyl (C=O) groups excluding carboxylic acids is 2. The maximum absolute atomic E-state index is 11.6. The molecule has 0 amide bonds. The normalized spacial score (nSPS) is 13.7. The lowest BCUT2D eigenvalue weighted by atomic mass is 10.1. The summed E-state index contributed by atoms with van der Waals surface area (Å²) in [6.45, 7) is 3.81. The van der Waals surface area contributed by atoms with E-state index in [0.717, 1.165) is 12.8 Å². The molecule has 0 radical (unpaired) electrons. The lowest BCUT2D eigenvalue weighted by Gasteiger charge is -2.15. The summed E-state index contributed by atoms with van der Waals surface area (Å²) in [6, 6.07) is 0. The fraction of sp³-hybridized carbons (Fsp3) is 0.900. The summed E-state index contributed by atoms with van der Waals surface area (Å²) in [4.78, 5) is 23.2. The molecule has 0 saturated carbocycles. The average molecular weight is 439 g/mol. The Hall–Kier alpha value is -1.19. The number of aliphatic hydroxyl groups is 1. The van der Waals surface area contributed by atoms with Crippen molar-refractivity contribution in [3.8, 4) is 0 Å². The number of hydrogen-bond acceptors (Lipinski definition) is 7. The van der Waals surface area contributed by atoms with Crippen molar-refractivity contribution >= 4 is 22.1 Å². The van der Waals surface area contributed by atoms with Crippen LogP contribution in [0.15, 0.2) is 0 Å². The highest BCUT2D eigenvalue weighted by atomic mass is 32.2. The van der Waals surface area contributed by atoms with E-state index in [9.17, 15) is 23.1 Å². The molecule has 0 aromatic heterocycles. The number of carbonyl (C=O) groups is 2. The van der Waals surface area contributed by atoms with Gasteiger partial charge in [0.1, 0.15) is 0 Å². The minimum atomic E-state index is -4.58. The largest absolute Gasteiger partial charge is 0.466 e. The van der Waals surface area contributed by atoms with Crippen LogP contribution in [0.25, 0.3) is 0 Å². The van der Waals surface area contributed by atoms with Crippen LogP contribution in [0.2, 0.25) is 0 Å². The van der Waals surface area contributed by atoms with Crippen LogP contribution in [-0.2, 0) is 29.2 Å². The standard InChI is InChI=1S/C20H38O8S/c1-3-5-6-7-8-9-10-11-12-13-14-15-27-18(22)16-17(21)20(23)28-19(4-2)29(24,25)26/h17,19,21H,3-16H2,1-2H3,(H,24,25,26). The van der Waals surface area contributed by atoms with E-state index in [2.05, 4.69) is 11.7 Å². The van der Waals surface area contributed by atoms with Gasteiger partial charge in [-0.15, -0.1) is 0 Å². The number of rotatable bonds is 18. The molecule has 29 heavy (non-hydrogen) atoms. The van der Waals surface area contributed by atoms with Crippen LogP contribution in [0.3, 0.4) is 0 Å². The van der Waals surface area contributed by atoms with Gasteiger partial charge in [-0.25, -0.2) is 4.79 Å². The van der Waals surface area contributed by atoms with Crippen LogP contribution in [-0.4, -0.2) is 48.2 Å². The van der Waals surface area contributed by atoms with Crippen molar-refractivity contribution in [1.82, 2.24) is 0 Å². The minimum Gasteiger partial charge on any atom is -0.466 e. The van der Waals surface area contributed by atoms with E-state index in [0.29, 0.717) is 6.42 Å². The van der Waals surface area contributed by atoms with E-state index in [1.54, 1.807) is 0 Å². The third kappa shape index (κ3) is 15.3. The van der Waals surface area contributed by atoms with E-state index in [-0.39, 0.29) is 13.0 Å². The third-order valence-corrected chi connectivity index (χ3v) is 5.65. The van der Waals surface area contributed by atoms with Gasteiger partial charge in [-0.3, -0.25) is 9.35 Å². The number of esters is 2. The molecular formula is C20H38O8S. The van der Waals surface area contributed by atoms with Gasteiger partial charge in [0.25, 0.3) is 0 Å². The molecule has 0 aromatic carbocycles. The molecule has 0 bridgehead atoms. The van der Waals surface area contributed by atoms with E-state index in [1.807, 2.05) is 0 Å². The quantitative estimate of drug-likeness (QED) is 0.188. The summed E-state index contributed by atoms with van der Waals surface area (Å²) in [5, 5.41) is 9.64. The summed E-state index contributed by atoms with van der Waals surface area (Å²) in [5.41, 5.74) is -1.77. The highest BCUT2D eigenvalue weighted by molar-refractivity contribution is 7.86. The second-order valence-corrected chi connectivity index (χ2v) is 8.82. The Morgan fingerprint density at radius 2 is 1.34 bits per heavy atom. The van der Waals surface area contributed by atoms with Crippen LogP contribution in [0.5, 0.6) is 0 Å². The first-order chi connectivity index (χ1) is 13.7. The molecule has 0 spiro atoms. The molecule has 0 aliphatic rings. The molecule has 0 aliphatic heterocycles. The van der Waals surface area contributed by atoms with Crippen molar-refractivity contribution in [1.29, 1.82) is 0 Å².